The van der Waals surface area contributed by atoms with E-state index in [9.17, 15) is 34.6 Å². The fourth-order valence-electron chi connectivity index (χ4n) is 7.26. The van der Waals surface area contributed by atoms with Crippen LogP contribution in [0.2, 0.25) is 0 Å². The molecule has 4 aliphatic rings. The average molecular weight is 602 g/mol. The average Bonchev–Trinajstić information content (AvgIpc) is 3.31. The van der Waals surface area contributed by atoms with Crippen molar-refractivity contribution in [2.75, 3.05) is 4.90 Å². The molecule has 45 heavy (non-hydrogen) atoms. The van der Waals surface area contributed by atoms with Crippen LogP contribution < -0.4 is 10.3 Å². The van der Waals surface area contributed by atoms with Gasteiger partial charge in [-0.2, -0.15) is 5.10 Å². The molecule has 0 saturated carbocycles. The van der Waals surface area contributed by atoms with Gasteiger partial charge in [-0.15, -0.1) is 0 Å². The zero-order valence-electron chi connectivity index (χ0n) is 23.4. The van der Waals surface area contributed by atoms with Crippen molar-refractivity contribution in [2.24, 2.45) is 16.9 Å². The van der Waals surface area contributed by atoms with Crippen LogP contribution in [0.1, 0.15) is 33.7 Å². The molecule has 1 aliphatic heterocycles. The summed E-state index contributed by atoms with van der Waals surface area (Å²) in [6.07, 6.45) is 1.39. The van der Waals surface area contributed by atoms with Gasteiger partial charge in [0.15, 0.2) is 0 Å². The smallest absolute Gasteiger partial charge is 0.274 e. The number of carbonyl (C=O) groups is 3. The van der Waals surface area contributed by atoms with E-state index in [2.05, 4.69) is 10.5 Å². The normalized spacial score (nSPS) is 22.6. The van der Waals surface area contributed by atoms with Crippen LogP contribution in [-0.2, 0) is 26.2 Å². The van der Waals surface area contributed by atoms with Crippen LogP contribution in [0, 0.1) is 32.1 Å². The highest BCUT2D eigenvalue weighted by Crippen LogP contribution is 2.63. The van der Waals surface area contributed by atoms with E-state index in [1.165, 1.54) is 48.7 Å². The van der Waals surface area contributed by atoms with Crippen molar-refractivity contribution in [3.8, 4) is 0 Å². The number of hydrazone groups is 1. The minimum Gasteiger partial charge on any atom is -0.274 e. The topological polar surface area (TPSA) is 165 Å². The molecule has 0 aromatic heterocycles. The number of benzene rings is 4. The summed E-state index contributed by atoms with van der Waals surface area (Å²) < 4.78 is 0. The molecule has 1 fully saturated rings. The summed E-state index contributed by atoms with van der Waals surface area (Å²) in [6, 6.07) is 26.2. The Morgan fingerprint density at radius 1 is 0.822 bits per heavy atom. The molecule has 3 amide bonds. The number of non-ortho nitro benzene ring substituents is 1. The van der Waals surface area contributed by atoms with Gasteiger partial charge in [-0.1, -0.05) is 72.8 Å². The first-order chi connectivity index (χ1) is 21.7. The predicted molar refractivity (Wildman–Crippen MR) is 162 cm³/mol. The Morgan fingerprint density at radius 3 is 2.04 bits per heavy atom. The van der Waals surface area contributed by atoms with Crippen molar-refractivity contribution < 1.29 is 24.2 Å². The lowest BCUT2D eigenvalue weighted by Crippen LogP contribution is -2.54. The molecule has 222 valence electrons. The van der Waals surface area contributed by atoms with Crippen molar-refractivity contribution >= 4 is 41.0 Å². The summed E-state index contributed by atoms with van der Waals surface area (Å²) in [6.45, 7) is 0. The van der Waals surface area contributed by atoms with Gasteiger partial charge in [0.2, 0.25) is 17.7 Å². The standard InChI is InChI=1S/C33H23N5O7/c39-27(17-19-13-15-20(16-14-19)37(42)43)35-34-18-33-23-9-3-1-7-21(23)28(22-8-2-4-10-24(22)33)29-30(33)32(41)36(31(29)40)25-11-5-6-12-26(25)38(44)45/h1-16,18,28-30H,17H2,(H,35,39)/b34-18+. The predicted octanol–water partition coefficient (Wildman–Crippen LogP) is 4.40. The van der Waals surface area contributed by atoms with Crippen molar-refractivity contribution in [3.63, 3.8) is 0 Å². The summed E-state index contributed by atoms with van der Waals surface area (Å²) in [7, 11) is 0. The van der Waals surface area contributed by atoms with Crippen molar-refractivity contribution in [1.82, 2.24) is 5.43 Å². The molecule has 8 rings (SSSR count). The van der Waals surface area contributed by atoms with Crippen LogP contribution in [0.5, 0.6) is 0 Å². The monoisotopic (exact) mass is 601 g/mol. The van der Waals surface area contributed by atoms with Crippen molar-refractivity contribution in [1.29, 1.82) is 0 Å². The molecule has 1 N–H and O–H groups in total. The molecular weight excluding hydrogens is 578 g/mol. The van der Waals surface area contributed by atoms with Crippen LogP contribution in [0.3, 0.4) is 0 Å². The minimum absolute atomic E-state index is 0.0945. The molecule has 2 bridgehead atoms. The molecule has 1 heterocycles. The van der Waals surface area contributed by atoms with Crippen LogP contribution >= 0.6 is 0 Å². The first-order valence-electron chi connectivity index (χ1n) is 14.1. The van der Waals surface area contributed by atoms with E-state index in [0.29, 0.717) is 5.56 Å². The summed E-state index contributed by atoms with van der Waals surface area (Å²) in [5.74, 6) is -3.95. The van der Waals surface area contributed by atoms with E-state index in [0.717, 1.165) is 27.2 Å². The summed E-state index contributed by atoms with van der Waals surface area (Å²) in [4.78, 5) is 64.3. The lowest BCUT2D eigenvalue weighted by Gasteiger charge is -2.52. The van der Waals surface area contributed by atoms with Crippen LogP contribution in [-0.4, -0.2) is 33.8 Å². The largest absolute Gasteiger partial charge is 0.293 e. The zero-order valence-corrected chi connectivity index (χ0v) is 23.4. The van der Waals surface area contributed by atoms with E-state index in [4.69, 9.17) is 0 Å². The molecule has 3 aliphatic carbocycles. The van der Waals surface area contributed by atoms with Crippen molar-refractivity contribution in [3.05, 3.63) is 145 Å². The third kappa shape index (κ3) is 4.06. The fraction of sp³-hybridized carbons (Fsp3) is 0.152. The molecule has 4 aromatic carbocycles. The Kier molecular flexibility index (Phi) is 6.36. The number of hydrogen-bond acceptors (Lipinski definition) is 8. The van der Waals surface area contributed by atoms with Gasteiger partial charge in [-0.25, -0.2) is 10.3 Å². The first kappa shape index (κ1) is 27.8. The van der Waals surface area contributed by atoms with Gasteiger partial charge in [-0.3, -0.25) is 34.6 Å². The van der Waals surface area contributed by atoms with Crippen LogP contribution in [0.4, 0.5) is 17.1 Å². The van der Waals surface area contributed by atoms with Crippen molar-refractivity contribution in [2.45, 2.75) is 17.8 Å². The quantitative estimate of drug-likeness (QED) is 0.142. The highest BCUT2D eigenvalue weighted by Gasteiger charge is 2.68. The van der Waals surface area contributed by atoms with Gasteiger partial charge in [0.25, 0.3) is 11.4 Å². The summed E-state index contributed by atoms with van der Waals surface area (Å²) >= 11 is 0. The fourth-order valence-corrected chi connectivity index (χ4v) is 7.26. The van der Waals surface area contributed by atoms with Gasteiger partial charge in [0.1, 0.15) is 5.69 Å². The third-order valence-electron chi connectivity index (χ3n) is 8.97. The Morgan fingerprint density at radius 2 is 1.42 bits per heavy atom. The lowest BCUT2D eigenvalue weighted by atomic mass is 9.47. The number of nitrogens with zero attached hydrogens (tertiary/aromatic N) is 4. The van der Waals surface area contributed by atoms with Crippen LogP contribution in [0.25, 0.3) is 0 Å². The Balaban J connectivity index is 1.32. The SMILES string of the molecule is O=C(Cc1ccc([N+](=O)[O-])cc1)N/N=C/C12c3ccccc3C(c3ccccc31)C1C(=O)N(c3ccccc3[N+](=O)[O-])C(=O)C12. The highest BCUT2D eigenvalue weighted by atomic mass is 16.6. The second kappa shape index (κ2) is 10.3. The number of carbonyl (C=O) groups excluding carboxylic acids is 3. The molecule has 0 radical (unpaired) electrons. The van der Waals surface area contributed by atoms with E-state index in [-0.39, 0.29) is 23.5 Å². The number of anilines is 1. The first-order valence-corrected chi connectivity index (χ1v) is 14.1. The Labute approximate surface area is 255 Å². The van der Waals surface area contributed by atoms with Gasteiger partial charge in [-0.05, 0) is 33.9 Å². The number of hydrogen-bond donors (Lipinski definition) is 1. The maximum absolute atomic E-state index is 14.4. The maximum atomic E-state index is 14.4. The molecule has 12 heteroatoms. The van der Waals surface area contributed by atoms with E-state index >= 15 is 0 Å². The number of amides is 3. The summed E-state index contributed by atoms with van der Waals surface area (Å²) in [5.41, 5.74) is 4.43. The zero-order chi connectivity index (χ0) is 31.5. The van der Waals surface area contributed by atoms with Gasteiger partial charge in [0.05, 0.1) is 33.5 Å². The minimum atomic E-state index is -1.28. The molecular formula is C33H23N5O7. The van der Waals surface area contributed by atoms with Gasteiger partial charge in [0, 0.05) is 30.3 Å². The number of nitro benzene ring substituents is 2. The number of rotatable bonds is 7. The number of nitrogens with one attached hydrogen (secondary N) is 1. The maximum Gasteiger partial charge on any atom is 0.293 e. The second-order valence-corrected chi connectivity index (χ2v) is 11.2. The Hall–Kier alpha value is -6.04. The number of nitro groups is 2. The molecule has 0 spiro atoms. The van der Waals surface area contributed by atoms with Gasteiger partial charge >= 0.3 is 0 Å². The second-order valence-electron chi connectivity index (χ2n) is 11.2. The van der Waals surface area contributed by atoms with Crippen LogP contribution in [0.15, 0.2) is 102 Å². The molecule has 4 aromatic rings. The van der Waals surface area contributed by atoms with E-state index < -0.39 is 50.7 Å². The number of para-hydroxylation sites is 2. The number of imide groups is 1. The lowest BCUT2D eigenvalue weighted by molar-refractivity contribution is -0.384. The van der Waals surface area contributed by atoms with E-state index in [1.807, 2.05) is 48.5 Å². The molecule has 1 saturated heterocycles. The molecule has 2 unspecified atom stereocenters. The Bertz CT molecular complexity index is 1920. The highest BCUT2D eigenvalue weighted by molar-refractivity contribution is 6.25. The molecule has 2 atom stereocenters. The molecule has 12 nitrogen and oxygen atoms in total. The van der Waals surface area contributed by atoms with E-state index in [1.54, 1.807) is 6.07 Å². The van der Waals surface area contributed by atoms with Gasteiger partial charge < -0.3 is 0 Å². The summed E-state index contributed by atoms with van der Waals surface area (Å²) in [5, 5.41) is 27.2. The third-order valence-corrected chi connectivity index (χ3v) is 8.97.